The van der Waals surface area contributed by atoms with Gasteiger partial charge in [0, 0.05) is 27.8 Å². The molecule has 0 saturated carbocycles. The van der Waals surface area contributed by atoms with Crippen molar-refractivity contribution in [2.75, 3.05) is 27.5 Å². The lowest BCUT2D eigenvalue weighted by Crippen LogP contribution is -2.10. The average molecular weight is 286 g/mol. The Labute approximate surface area is 113 Å². The highest BCUT2D eigenvalue weighted by atomic mass is 31.2. The van der Waals surface area contributed by atoms with Gasteiger partial charge in [-0.2, -0.15) is 0 Å². The van der Waals surface area contributed by atoms with Crippen LogP contribution in [0.25, 0.3) is 0 Å². The molecule has 5 nitrogen and oxygen atoms in total. The second kappa shape index (κ2) is 7.56. The normalized spacial score (nSPS) is 11.5. The summed E-state index contributed by atoms with van der Waals surface area (Å²) in [5.41, 5.74) is 1.85. The van der Waals surface area contributed by atoms with Crippen LogP contribution in [0.1, 0.15) is 11.1 Å². The predicted molar refractivity (Wildman–Crippen MR) is 72.4 cm³/mol. The molecule has 0 aliphatic heterocycles. The molecule has 0 radical (unpaired) electrons. The molecular formula is C13H19O5P. The molecule has 6 heteroatoms. The minimum Gasteiger partial charge on any atom is -0.380 e. The van der Waals surface area contributed by atoms with Crippen molar-refractivity contribution in [1.29, 1.82) is 0 Å². The molecule has 0 unspecified atom stereocenters. The van der Waals surface area contributed by atoms with Gasteiger partial charge in [0.05, 0.1) is 6.61 Å². The van der Waals surface area contributed by atoms with Gasteiger partial charge in [-0.15, -0.1) is 0 Å². The molecule has 0 aliphatic carbocycles. The number of hydrogen-bond donors (Lipinski definition) is 0. The van der Waals surface area contributed by atoms with E-state index in [1.54, 1.807) is 7.11 Å². The van der Waals surface area contributed by atoms with Gasteiger partial charge >= 0.3 is 7.60 Å². The van der Waals surface area contributed by atoms with Crippen LogP contribution in [0.4, 0.5) is 0 Å². The number of Topliss-reactive ketones (excluding diaryl/α,β-unsaturated/α-hetero) is 1. The third-order valence-corrected chi connectivity index (χ3v) is 4.48. The van der Waals surface area contributed by atoms with E-state index in [-0.39, 0.29) is 18.4 Å². The van der Waals surface area contributed by atoms with Crippen molar-refractivity contribution in [2.45, 2.75) is 13.0 Å². The molecule has 1 aromatic rings. The van der Waals surface area contributed by atoms with E-state index in [4.69, 9.17) is 13.8 Å². The Bertz CT molecular complexity index is 464. The Morgan fingerprint density at radius 1 is 1.16 bits per heavy atom. The predicted octanol–water partition coefficient (Wildman–Crippen LogP) is 2.43. The summed E-state index contributed by atoms with van der Waals surface area (Å²) < 4.78 is 26.4. The number of ketones is 1. The summed E-state index contributed by atoms with van der Waals surface area (Å²) in [6.07, 6.45) is -0.0111. The van der Waals surface area contributed by atoms with Crippen molar-refractivity contribution < 1.29 is 23.1 Å². The van der Waals surface area contributed by atoms with E-state index in [0.29, 0.717) is 6.61 Å². The fourth-order valence-electron chi connectivity index (χ4n) is 1.70. The number of rotatable bonds is 8. The van der Waals surface area contributed by atoms with Gasteiger partial charge < -0.3 is 13.8 Å². The largest absolute Gasteiger partial charge is 0.380 e. The van der Waals surface area contributed by atoms with E-state index in [1.807, 2.05) is 24.3 Å². The number of ether oxygens (including phenoxy) is 1. The molecule has 0 bridgehead atoms. The summed E-state index contributed by atoms with van der Waals surface area (Å²) in [4.78, 5) is 11.9. The van der Waals surface area contributed by atoms with Crippen LogP contribution in [0.3, 0.4) is 0 Å². The van der Waals surface area contributed by atoms with Crippen LogP contribution in [-0.4, -0.2) is 33.3 Å². The van der Waals surface area contributed by atoms with Crippen LogP contribution >= 0.6 is 7.60 Å². The fraction of sp³-hybridized carbons (Fsp3) is 0.462. The average Bonchev–Trinajstić information content (AvgIpc) is 2.39. The fourth-order valence-corrected chi connectivity index (χ4v) is 2.65. The third kappa shape index (κ3) is 5.25. The Morgan fingerprint density at radius 3 is 2.37 bits per heavy atom. The highest BCUT2D eigenvalue weighted by Crippen LogP contribution is 2.46. The van der Waals surface area contributed by atoms with Crippen LogP contribution in [0.2, 0.25) is 0 Å². The maximum Gasteiger partial charge on any atom is 0.337 e. The first-order valence-electron chi connectivity index (χ1n) is 5.82. The minimum absolute atomic E-state index is 0.179. The minimum atomic E-state index is -3.27. The topological polar surface area (TPSA) is 61.8 Å². The summed E-state index contributed by atoms with van der Waals surface area (Å²) in [6, 6.07) is 7.53. The smallest absolute Gasteiger partial charge is 0.337 e. The van der Waals surface area contributed by atoms with Crippen molar-refractivity contribution >= 4 is 13.4 Å². The highest BCUT2D eigenvalue weighted by Gasteiger charge is 2.25. The first kappa shape index (κ1) is 16.1. The van der Waals surface area contributed by atoms with Gasteiger partial charge in [-0.3, -0.25) is 9.36 Å². The van der Waals surface area contributed by atoms with Crippen LogP contribution in [0.5, 0.6) is 0 Å². The van der Waals surface area contributed by atoms with Gasteiger partial charge in [-0.25, -0.2) is 0 Å². The zero-order valence-corrected chi connectivity index (χ0v) is 12.3. The molecule has 0 heterocycles. The maximum absolute atomic E-state index is 11.9. The second-order valence-electron chi connectivity index (χ2n) is 4.10. The molecule has 0 fully saturated rings. The number of carbonyl (C=O) groups excluding carboxylic acids is 1. The van der Waals surface area contributed by atoms with Gasteiger partial charge in [0.25, 0.3) is 0 Å². The molecule has 0 aromatic heterocycles. The zero-order chi connectivity index (χ0) is 14.3. The second-order valence-corrected chi connectivity index (χ2v) is 6.37. The first-order valence-corrected chi connectivity index (χ1v) is 7.54. The summed E-state index contributed by atoms with van der Waals surface area (Å²) in [7, 11) is 0.892. The molecule has 19 heavy (non-hydrogen) atoms. The van der Waals surface area contributed by atoms with Crippen LogP contribution < -0.4 is 0 Å². The lowest BCUT2D eigenvalue weighted by molar-refractivity contribution is -0.116. The van der Waals surface area contributed by atoms with Crippen molar-refractivity contribution in [1.82, 2.24) is 0 Å². The highest BCUT2D eigenvalue weighted by molar-refractivity contribution is 7.54. The van der Waals surface area contributed by atoms with E-state index in [1.165, 1.54) is 14.2 Å². The van der Waals surface area contributed by atoms with Crippen molar-refractivity contribution in [2.24, 2.45) is 0 Å². The molecule has 1 aromatic carbocycles. The molecule has 0 amide bonds. The van der Waals surface area contributed by atoms with E-state index in [9.17, 15) is 9.36 Å². The van der Waals surface area contributed by atoms with E-state index in [0.717, 1.165) is 11.1 Å². The van der Waals surface area contributed by atoms with Crippen molar-refractivity contribution in [3.63, 3.8) is 0 Å². The molecule has 1 rings (SSSR count). The Morgan fingerprint density at radius 2 is 1.79 bits per heavy atom. The Kier molecular flexibility index (Phi) is 6.38. The molecule has 0 aliphatic rings. The summed E-state index contributed by atoms with van der Waals surface area (Å²) in [6.45, 7) is 0.497. The number of benzene rings is 1. The quantitative estimate of drug-likeness (QED) is 0.687. The van der Waals surface area contributed by atoms with Gasteiger partial charge in [-0.1, -0.05) is 24.3 Å². The Balaban J connectivity index is 2.66. The molecule has 106 valence electrons. The van der Waals surface area contributed by atoms with Gasteiger partial charge in [0.15, 0.2) is 0 Å². The lowest BCUT2D eigenvalue weighted by atomic mass is 10.1. The van der Waals surface area contributed by atoms with Gasteiger partial charge in [0.2, 0.25) is 0 Å². The van der Waals surface area contributed by atoms with E-state index >= 15 is 0 Å². The molecular weight excluding hydrogens is 267 g/mol. The monoisotopic (exact) mass is 286 g/mol. The lowest BCUT2D eigenvalue weighted by Gasteiger charge is -2.12. The molecule has 0 N–H and O–H groups in total. The summed E-state index contributed by atoms with van der Waals surface area (Å²) in [5, 5.41) is 0. The van der Waals surface area contributed by atoms with Crippen molar-refractivity contribution in [3.8, 4) is 0 Å². The standard InChI is InChI=1S/C13H19O5P/c1-16-9-12-6-4-5-11(7-12)8-13(14)10-19(15,17-2)18-3/h4-7H,8-10H2,1-3H3. The van der Waals surface area contributed by atoms with Gasteiger partial charge in [-0.05, 0) is 11.1 Å². The number of methoxy groups -OCH3 is 1. The third-order valence-electron chi connectivity index (χ3n) is 2.63. The SMILES string of the molecule is COCc1cccc(CC(=O)CP(=O)(OC)OC)c1. The van der Waals surface area contributed by atoms with Crippen LogP contribution in [0.15, 0.2) is 24.3 Å². The first-order chi connectivity index (χ1) is 9.03. The summed E-state index contributed by atoms with van der Waals surface area (Å²) >= 11 is 0. The van der Waals surface area contributed by atoms with Gasteiger partial charge in [0.1, 0.15) is 11.9 Å². The molecule has 0 saturated heterocycles. The summed E-state index contributed by atoms with van der Waals surface area (Å²) in [5.74, 6) is -0.179. The number of carbonyl (C=O) groups is 1. The van der Waals surface area contributed by atoms with E-state index in [2.05, 4.69) is 0 Å². The molecule has 0 atom stereocenters. The Hall–Kier alpha value is -1.00. The maximum atomic E-state index is 11.9. The van der Waals surface area contributed by atoms with Crippen LogP contribution in [-0.2, 0) is 36.2 Å². The zero-order valence-electron chi connectivity index (χ0n) is 11.4. The molecule has 0 spiro atoms. The number of hydrogen-bond acceptors (Lipinski definition) is 5. The van der Waals surface area contributed by atoms with E-state index < -0.39 is 7.60 Å². The van der Waals surface area contributed by atoms with Crippen molar-refractivity contribution in [3.05, 3.63) is 35.4 Å². The van der Waals surface area contributed by atoms with Crippen LogP contribution in [0, 0.1) is 0 Å².